The monoisotopic (exact) mass is 219 g/mol. The van der Waals surface area contributed by atoms with Crippen LogP contribution in [-0.2, 0) is 14.3 Å². The average Bonchev–Trinajstić information content (AvgIpc) is 2.12. The van der Waals surface area contributed by atoms with Crippen LogP contribution in [0, 0.1) is 0 Å². The molecule has 0 spiro atoms. The summed E-state index contributed by atoms with van der Waals surface area (Å²) in [7, 11) is 1.36. The number of hydrogen-bond acceptors (Lipinski definition) is 5. The molecule has 88 valence electrons. The van der Waals surface area contributed by atoms with Crippen LogP contribution in [-0.4, -0.2) is 53.9 Å². The number of aliphatic hydroxyl groups is 2. The van der Waals surface area contributed by atoms with Crippen molar-refractivity contribution in [3.63, 3.8) is 0 Å². The van der Waals surface area contributed by atoms with Gasteiger partial charge < -0.3 is 25.0 Å². The molecule has 0 aliphatic carbocycles. The highest BCUT2D eigenvalue weighted by atomic mass is 16.6. The molecule has 1 rings (SSSR count). The molecule has 0 aromatic carbocycles. The maximum Gasteiger partial charge on any atom is 0.217 e. The van der Waals surface area contributed by atoms with Crippen molar-refractivity contribution >= 4 is 5.91 Å². The van der Waals surface area contributed by atoms with E-state index in [9.17, 15) is 15.0 Å². The Labute approximate surface area is 88.2 Å². The summed E-state index contributed by atoms with van der Waals surface area (Å²) in [5.41, 5.74) is 0. The number of hydrogen-bond donors (Lipinski definition) is 3. The molecule has 0 saturated carbocycles. The van der Waals surface area contributed by atoms with Crippen molar-refractivity contribution in [2.45, 2.75) is 44.5 Å². The number of methoxy groups -OCH3 is 1. The molecule has 1 fully saturated rings. The van der Waals surface area contributed by atoms with E-state index in [0.717, 1.165) is 0 Å². The molecule has 6 heteroatoms. The fourth-order valence-electron chi connectivity index (χ4n) is 1.73. The maximum absolute atomic E-state index is 10.9. The normalized spacial score (nSPS) is 41.3. The second-order valence-electron chi connectivity index (χ2n) is 3.65. The molecule has 6 nitrogen and oxygen atoms in total. The third kappa shape index (κ3) is 2.66. The van der Waals surface area contributed by atoms with E-state index in [1.54, 1.807) is 6.92 Å². The summed E-state index contributed by atoms with van der Waals surface area (Å²) >= 11 is 0. The highest BCUT2D eigenvalue weighted by Gasteiger charge is 2.43. The molecule has 1 saturated heterocycles. The van der Waals surface area contributed by atoms with Crippen LogP contribution in [0.25, 0.3) is 0 Å². The predicted octanol–water partition coefficient (Wildman–Crippen LogP) is -1.40. The minimum atomic E-state index is -1.18. The number of aliphatic hydroxyl groups excluding tert-OH is 2. The Bertz CT molecular complexity index is 235. The summed E-state index contributed by atoms with van der Waals surface area (Å²) in [5.74, 6) is -0.263. The molecule has 5 unspecified atom stereocenters. The van der Waals surface area contributed by atoms with Gasteiger partial charge in [-0.25, -0.2) is 0 Å². The van der Waals surface area contributed by atoms with E-state index in [2.05, 4.69) is 5.32 Å². The third-order valence-electron chi connectivity index (χ3n) is 2.49. The van der Waals surface area contributed by atoms with Crippen molar-refractivity contribution in [3.8, 4) is 0 Å². The molecule has 1 aliphatic heterocycles. The molecular formula is C9H17NO5. The van der Waals surface area contributed by atoms with E-state index in [4.69, 9.17) is 9.47 Å². The number of carbonyl (C=O) groups is 1. The Kier molecular flexibility index (Phi) is 4.04. The summed E-state index contributed by atoms with van der Waals surface area (Å²) < 4.78 is 10.0. The van der Waals surface area contributed by atoms with Gasteiger partial charge in [0.2, 0.25) is 5.91 Å². The van der Waals surface area contributed by atoms with E-state index < -0.39 is 30.6 Å². The lowest BCUT2D eigenvalue weighted by atomic mass is 9.97. The number of carbonyl (C=O) groups excluding carboxylic acids is 1. The van der Waals surface area contributed by atoms with Crippen molar-refractivity contribution in [2.75, 3.05) is 7.11 Å². The van der Waals surface area contributed by atoms with Crippen molar-refractivity contribution in [2.24, 2.45) is 0 Å². The zero-order valence-electron chi connectivity index (χ0n) is 9.01. The standard InChI is InChI=1S/C9H17NO5/c1-4-6(10-5(2)11)7(12)8(14-3)9(13)15-4/h4,6-9,12-13H,1-3H3,(H,10,11). The van der Waals surface area contributed by atoms with Crippen LogP contribution in [0.5, 0.6) is 0 Å². The van der Waals surface area contributed by atoms with Gasteiger partial charge in [0.1, 0.15) is 12.2 Å². The number of ether oxygens (including phenoxy) is 2. The molecule has 0 radical (unpaired) electrons. The van der Waals surface area contributed by atoms with Crippen LogP contribution in [0.3, 0.4) is 0 Å². The summed E-state index contributed by atoms with van der Waals surface area (Å²) in [6.07, 6.45) is -3.48. The summed E-state index contributed by atoms with van der Waals surface area (Å²) in [6, 6.07) is -0.573. The second-order valence-corrected chi connectivity index (χ2v) is 3.65. The van der Waals surface area contributed by atoms with Crippen molar-refractivity contribution in [1.82, 2.24) is 5.32 Å². The topological polar surface area (TPSA) is 88.0 Å². The van der Waals surface area contributed by atoms with Crippen LogP contribution in [0.1, 0.15) is 13.8 Å². The van der Waals surface area contributed by atoms with Crippen LogP contribution in [0.2, 0.25) is 0 Å². The fourth-order valence-corrected chi connectivity index (χ4v) is 1.73. The summed E-state index contributed by atoms with van der Waals surface area (Å²) in [6.45, 7) is 3.02. The lowest BCUT2D eigenvalue weighted by Gasteiger charge is -2.41. The Balaban J connectivity index is 2.73. The smallest absolute Gasteiger partial charge is 0.217 e. The first-order valence-corrected chi connectivity index (χ1v) is 4.79. The van der Waals surface area contributed by atoms with Gasteiger partial charge in [0.25, 0.3) is 0 Å². The van der Waals surface area contributed by atoms with E-state index in [0.29, 0.717) is 0 Å². The van der Waals surface area contributed by atoms with E-state index >= 15 is 0 Å². The molecule has 5 atom stereocenters. The first-order valence-electron chi connectivity index (χ1n) is 4.79. The van der Waals surface area contributed by atoms with E-state index in [-0.39, 0.29) is 5.91 Å². The van der Waals surface area contributed by atoms with Gasteiger partial charge in [-0.05, 0) is 6.92 Å². The molecule has 15 heavy (non-hydrogen) atoms. The van der Waals surface area contributed by atoms with Gasteiger partial charge in [-0.15, -0.1) is 0 Å². The Morgan fingerprint density at radius 3 is 2.53 bits per heavy atom. The largest absolute Gasteiger partial charge is 0.388 e. The lowest BCUT2D eigenvalue weighted by Crippen LogP contribution is -2.62. The molecule has 0 aromatic rings. The highest BCUT2D eigenvalue weighted by molar-refractivity contribution is 5.73. The molecule has 0 bridgehead atoms. The molecular weight excluding hydrogens is 202 g/mol. The third-order valence-corrected chi connectivity index (χ3v) is 2.49. The predicted molar refractivity (Wildman–Crippen MR) is 51.0 cm³/mol. The first-order chi connectivity index (χ1) is 6.97. The maximum atomic E-state index is 10.9. The quantitative estimate of drug-likeness (QED) is 0.532. The van der Waals surface area contributed by atoms with Gasteiger partial charge in [-0.2, -0.15) is 0 Å². The molecule has 1 aliphatic rings. The summed E-state index contributed by atoms with van der Waals surface area (Å²) in [5, 5.41) is 21.8. The number of amides is 1. The van der Waals surface area contributed by atoms with Gasteiger partial charge in [0, 0.05) is 14.0 Å². The second kappa shape index (κ2) is 4.89. The van der Waals surface area contributed by atoms with Gasteiger partial charge in [0.15, 0.2) is 6.29 Å². The van der Waals surface area contributed by atoms with Crippen LogP contribution < -0.4 is 5.32 Å². The molecule has 3 N–H and O–H groups in total. The van der Waals surface area contributed by atoms with Crippen molar-refractivity contribution in [1.29, 1.82) is 0 Å². The Morgan fingerprint density at radius 2 is 2.07 bits per heavy atom. The average molecular weight is 219 g/mol. The minimum absolute atomic E-state index is 0.263. The lowest BCUT2D eigenvalue weighted by molar-refractivity contribution is -0.259. The molecule has 1 heterocycles. The highest BCUT2D eigenvalue weighted by Crippen LogP contribution is 2.21. The zero-order chi connectivity index (χ0) is 11.6. The fraction of sp³-hybridized carbons (Fsp3) is 0.889. The summed E-state index contributed by atoms with van der Waals surface area (Å²) in [4.78, 5) is 10.9. The molecule has 1 amide bonds. The van der Waals surface area contributed by atoms with Crippen molar-refractivity contribution < 1.29 is 24.5 Å². The first kappa shape index (κ1) is 12.4. The SMILES string of the molecule is COC1C(O)OC(C)C(NC(C)=O)C1O. The van der Waals surface area contributed by atoms with Crippen LogP contribution in [0.4, 0.5) is 0 Å². The minimum Gasteiger partial charge on any atom is -0.388 e. The zero-order valence-corrected chi connectivity index (χ0v) is 9.01. The Hall–Kier alpha value is -0.690. The Morgan fingerprint density at radius 1 is 1.47 bits per heavy atom. The van der Waals surface area contributed by atoms with Gasteiger partial charge in [-0.1, -0.05) is 0 Å². The van der Waals surface area contributed by atoms with E-state index in [1.165, 1.54) is 14.0 Å². The van der Waals surface area contributed by atoms with Gasteiger partial charge in [0.05, 0.1) is 12.1 Å². The van der Waals surface area contributed by atoms with Crippen LogP contribution in [0.15, 0.2) is 0 Å². The van der Waals surface area contributed by atoms with Crippen LogP contribution >= 0.6 is 0 Å². The number of nitrogens with one attached hydrogen (secondary N) is 1. The molecule has 0 aromatic heterocycles. The van der Waals surface area contributed by atoms with Gasteiger partial charge >= 0.3 is 0 Å². The van der Waals surface area contributed by atoms with Crippen molar-refractivity contribution in [3.05, 3.63) is 0 Å². The van der Waals surface area contributed by atoms with Gasteiger partial charge in [-0.3, -0.25) is 4.79 Å². The number of rotatable bonds is 2. The van der Waals surface area contributed by atoms with E-state index in [1.807, 2.05) is 0 Å².